The molecule has 1 heterocycles. The highest BCUT2D eigenvalue weighted by Crippen LogP contribution is 2.41. The van der Waals surface area contributed by atoms with Gasteiger partial charge in [-0.1, -0.05) is 15.9 Å². The van der Waals surface area contributed by atoms with Gasteiger partial charge in [-0.25, -0.2) is 8.42 Å². The lowest BCUT2D eigenvalue weighted by Gasteiger charge is -2.21. The Labute approximate surface area is 111 Å². The minimum atomic E-state index is -4.55. The predicted octanol–water partition coefficient (Wildman–Crippen LogP) is 3.08. The summed E-state index contributed by atoms with van der Waals surface area (Å²) in [5.74, 6) is 0. The van der Waals surface area contributed by atoms with Crippen molar-refractivity contribution >= 4 is 26.0 Å². The van der Waals surface area contributed by atoms with Gasteiger partial charge in [0.1, 0.15) is 6.54 Å². The number of halogens is 4. The molecule has 3 nitrogen and oxygen atoms in total. The summed E-state index contributed by atoms with van der Waals surface area (Å²) in [6.45, 7) is -0.0235. The lowest BCUT2D eigenvalue weighted by atomic mass is 10.1. The number of sulfonamides is 1. The minimum Gasteiger partial charge on any atom is -0.207 e. The quantitative estimate of drug-likeness (QED) is 0.785. The molecule has 18 heavy (non-hydrogen) atoms. The van der Waals surface area contributed by atoms with Crippen molar-refractivity contribution in [1.82, 2.24) is 4.31 Å². The Morgan fingerprint density at radius 3 is 2.56 bits per heavy atom. The Bertz CT molecular complexity index is 585. The molecule has 0 saturated carbocycles. The van der Waals surface area contributed by atoms with Gasteiger partial charge in [0.2, 0.25) is 10.0 Å². The highest BCUT2D eigenvalue weighted by Gasteiger charge is 2.45. The molecule has 0 spiro atoms. The maximum atomic E-state index is 12.4. The zero-order valence-corrected chi connectivity index (χ0v) is 11.6. The molecule has 1 aromatic carbocycles. The fourth-order valence-corrected chi connectivity index (χ4v) is 4.21. The summed E-state index contributed by atoms with van der Waals surface area (Å²) in [6, 6.07) is 3.54. The van der Waals surface area contributed by atoms with Crippen LogP contribution in [0.4, 0.5) is 13.2 Å². The molecule has 0 N–H and O–H groups in total. The Morgan fingerprint density at radius 2 is 2.00 bits per heavy atom. The highest BCUT2D eigenvalue weighted by atomic mass is 79.9. The maximum Gasteiger partial charge on any atom is 0.402 e. The molecule has 0 saturated heterocycles. The topological polar surface area (TPSA) is 37.4 Å². The Balaban J connectivity index is 2.51. The Morgan fingerprint density at radius 1 is 1.39 bits per heavy atom. The zero-order valence-electron chi connectivity index (χ0n) is 9.20. The van der Waals surface area contributed by atoms with Crippen LogP contribution < -0.4 is 0 Å². The van der Waals surface area contributed by atoms with E-state index in [0.29, 0.717) is 14.3 Å². The van der Waals surface area contributed by atoms with Gasteiger partial charge >= 0.3 is 6.18 Å². The number of hydrogen-bond donors (Lipinski definition) is 0. The normalized spacial score (nSPS) is 23.1. The molecular formula is C10H9BrF3NO2S. The first-order chi connectivity index (χ1) is 8.13. The van der Waals surface area contributed by atoms with E-state index in [0.717, 1.165) is 0 Å². The third-order valence-electron chi connectivity index (χ3n) is 2.78. The fourth-order valence-electron chi connectivity index (χ4n) is 1.97. The number of hydrogen-bond acceptors (Lipinski definition) is 2. The molecule has 1 unspecified atom stereocenters. The van der Waals surface area contributed by atoms with Gasteiger partial charge in [0, 0.05) is 10.5 Å². The molecule has 0 aliphatic carbocycles. The van der Waals surface area contributed by atoms with Gasteiger partial charge in [-0.3, -0.25) is 0 Å². The van der Waals surface area contributed by atoms with Gasteiger partial charge in [0.15, 0.2) is 0 Å². The molecule has 0 fully saturated rings. The minimum absolute atomic E-state index is 0.0533. The van der Waals surface area contributed by atoms with Crippen molar-refractivity contribution in [2.24, 2.45) is 0 Å². The van der Waals surface area contributed by atoms with E-state index in [9.17, 15) is 21.6 Å². The first-order valence-electron chi connectivity index (χ1n) is 5.01. The van der Waals surface area contributed by atoms with Crippen molar-refractivity contribution in [1.29, 1.82) is 0 Å². The standard InChI is InChI=1S/C10H9BrF3NO2S/c1-6-8-4-7(11)2-3-9(8)18(16,17)15(6)5-10(12,13)14/h2-4,6H,5H2,1H3. The molecule has 0 bridgehead atoms. The average Bonchev–Trinajstić information content (AvgIpc) is 2.38. The molecule has 0 amide bonds. The van der Waals surface area contributed by atoms with Crippen molar-refractivity contribution < 1.29 is 21.6 Å². The molecule has 0 radical (unpaired) electrons. The van der Waals surface area contributed by atoms with Gasteiger partial charge in [0.25, 0.3) is 0 Å². The Hall–Kier alpha value is -0.600. The third kappa shape index (κ3) is 2.28. The summed E-state index contributed by atoms with van der Waals surface area (Å²) in [4.78, 5) is -0.0533. The fraction of sp³-hybridized carbons (Fsp3) is 0.400. The number of rotatable bonds is 1. The summed E-state index contributed by atoms with van der Waals surface area (Å²) in [5, 5.41) is 0. The molecule has 2 rings (SSSR count). The second-order valence-corrected chi connectivity index (χ2v) is 6.80. The molecule has 1 aliphatic heterocycles. The maximum absolute atomic E-state index is 12.4. The summed E-state index contributed by atoms with van der Waals surface area (Å²) in [7, 11) is -4.05. The van der Waals surface area contributed by atoms with Gasteiger partial charge in [-0.2, -0.15) is 17.5 Å². The van der Waals surface area contributed by atoms with E-state index < -0.39 is 28.8 Å². The van der Waals surface area contributed by atoms with E-state index >= 15 is 0 Å². The number of fused-ring (bicyclic) bond motifs is 1. The third-order valence-corrected chi connectivity index (χ3v) is 5.26. The van der Waals surface area contributed by atoms with Crippen LogP contribution in [0.15, 0.2) is 27.6 Å². The molecule has 8 heteroatoms. The smallest absolute Gasteiger partial charge is 0.207 e. The SMILES string of the molecule is CC1c2cc(Br)ccc2S(=O)(=O)N1CC(F)(F)F. The van der Waals surface area contributed by atoms with E-state index in [1.54, 1.807) is 0 Å². The van der Waals surface area contributed by atoms with Crippen LogP contribution in [0.3, 0.4) is 0 Å². The lowest BCUT2D eigenvalue weighted by molar-refractivity contribution is -0.138. The number of benzene rings is 1. The first-order valence-corrected chi connectivity index (χ1v) is 7.24. The van der Waals surface area contributed by atoms with Crippen molar-refractivity contribution in [2.45, 2.75) is 24.0 Å². The largest absolute Gasteiger partial charge is 0.402 e. The van der Waals surface area contributed by atoms with Crippen molar-refractivity contribution in [2.75, 3.05) is 6.54 Å². The van der Waals surface area contributed by atoms with Crippen molar-refractivity contribution in [3.05, 3.63) is 28.2 Å². The Kier molecular flexibility index (Phi) is 3.23. The van der Waals surface area contributed by atoms with Crippen molar-refractivity contribution in [3.63, 3.8) is 0 Å². The second-order valence-electron chi connectivity index (χ2n) is 4.02. The molecule has 1 atom stereocenters. The molecule has 0 aromatic heterocycles. The first kappa shape index (κ1) is 13.8. The van der Waals surface area contributed by atoms with E-state index in [-0.39, 0.29) is 4.90 Å². The lowest BCUT2D eigenvalue weighted by Crippen LogP contribution is -2.36. The highest BCUT2D eigenvalue weighted by molar-refractivity contribution is 9.10. The predicted molar refractivity (Wildman–Crippen MR) is 62.5 cm³/mol. The van der Waals surface area contributed by atoms with Gasteiger partial charge < -0.3 is 0 Å². The van der Waals surface area contributed by atoms with Crippen LogP contribution in [0.1, 0.15) is 18.5 Å². The van der Waals surface area contributed by atoms with Crippen molar-refractivity contribution in [3.8, 4) is 0 Å². The van der Waals surface area contributed by atoms with Gasteiger partial charge in [-0.15, -0.1) is 0 Å². The van der Waals surface area contributed by atoms with Gasteiger partial charge in [0.05, 0.1) is 4.90 Å². The molecular weight excluding hydrogens is 335 g/mol. The van der Waals surface area contributed by atoms with E-state index in [4.69, 9.17) is 0 Å². The zero-order chi connectivity index (χ0) is 13.7. The second kappa shape index (κ2) is 4.21. The van der Waals surface area contributed by atoms with E-state index in [2.05, 4.69) is 15.9 Å². The van der Waals surface area contributed by atoms with Crippen LogP contribution >= 0.6 is 15.9 Å². The van der Waals surface area contributed by atoms with Crippen LogP contribution in [0, 0.1) is 0 Å². The van der Waals surface area contributed by atoms with Gasteiger partial charge in [-0.05, 0) is 30.7 Å². The summed E-state index contributed by atoms with van der Waals surface area (Å²) in [5.41, 5.74) is 0.383. The van der Waals surface area contributed by atoms with Crippen LogP contribution in [-0.4, -0.2) is 25.4 Å². The summed E-state index contributed by atoms with van der Waals surface area (Å²) in [6.07, 6.45) is -4.55. The monoisotopic (exact) mass is 343 g/mol. The van der Waals surface area contributed by atoms with E-state index in [1.165, 1.54) is 25.1 Å². The number of alkyl halides is 3. The summed E-state index contributed by atoms with van der Waals surface area (Å²) < 4.78 is 62.3. The molecule has 100 valence electrons. The molecule has 1 aromatic rings. The van der Waals surface area contributed by atoms with Crippen LogP contribution in [0.5, 0.6) is 0 Å². The average molecular weight is 344 g/mol. The van der Waals surface area contributed by atoms with E-state index in [1.807, 2.05) is 0 Å². The number of nitrogens with zero attached hydrogens (tertiary/aromatic N) is 1. The molecule has 1 aliphatic rings. The van der Waals surface area contributed by atoms with Crippen LogP contribution in [-0.2, 0) is 10.0 Å². The van der Waals surface area contributed by atoms with Crippen LogP contribution in [0.25, 0.3) is 0 Å². The summed E-state index contributed by atoms with van der Waals surface area (Å²) >= 11 is 3.18. The van der Waals surface area contributed by atoms with Crippen LogP contribution in [0.2, 0.25) is 0 Å².